The van der Waals surface area contributed by atoms with Gasteiger partial charge in [-0.3, -0.25) is 0 Å². The van der Waals surface area contributed by atoms with Crippen molar-refractivity contribution in [3.8, 4) is 0 Å². The van der Waals surface area contributed by atoms with E-state index in [-0.39, 0.29) is 0 Å². The lowest BCUT2D eigenvalue weighted by atomic mass is 9.82. The van der Waals surface area contributed by atoms with E-state index in [2.05, 4.69) is 6.92 Å². The zero-order valence-electron chi connectivity index (χ0n) is 7.47. The maximum Gasteiger partial charge on any atom is -0.0238 e. The van der Waals surface area contributed by atoms with E-state index in [1.165, 1.54) is 24.2 Å². The quantitative estimate of drug-likeness (QED) is 0.579. The smallest absolute Gasteiger partial charge is 0.0238 e. The molecule has 0 spiro atoms. The third kappa shape index (κ3) is 0.711. The molecule has 3 fully saturated rings. The van der Waals surface area contributed by atoms with Gasteiger partial charge in [0, 0.05) is 0 Å². The largest absolute Gasteiger partial charge is 0.0648 e. The molecule has 11 heavy (non-hydrogen) atoms. The van der Waals surface area contributed by atoms with Crippen molar-refractivity contribution in [3.05, 3.63) is 0 Å². The van der Waals surface area contributed by atoms with Crippen LogP contribution < -0.4 is 0 Å². The van der Waals surface area contributed by atoms with E-state index in [4.69, 9.17) is 0 Å². The molecule has 3 rings (SSSR count). The van der Waals surface area contributed by atoms with Crippen LogP contribution >= 0.6 is 0 Å². The molecule has 0 aromatic rings. The van der Waals surface area contributed by atoms with Crippen LogP contribution in [-0.2, 0) is 0 Å². The number of fused-ring (bicyclic) bond motifs is 1. The molecule has 0 N–H and O–H groups in total. The Balaban J connectivity index is 1.64. The van der Waals surface area contributed by atoms with Gasteiger partial charge in [0.05, 0.1) is 0 Å². The van der Waals surface area contributed by atoms with Crippen LogP contribution in [0.4, 0.5) is 0 Å². The van der Waals surface area contributed by atoms with E-state index in [9.17, 15) is 0 Å². The number of rotatable bonds is 3. The van der Waals surface area contributed by atoms with Gasteiger partial charge in [-0.25, -0.2) is 0 Å². The van der Waals surface area contributed by atoms with Crippen LogP contribution in [0, 0.1) is 23.2 Å². The SMILES string of the molecule is CCC12CCC1C2CC1CC1. The molecule has 3 saturated carbocycles. The second-order valence-corrected chi connectivity index (χ2v) is 5.02. The summed E-state index contributed by atoms with van der Waals surface area (Å²) in [6.07, 6.45) is 9.36. The van der Waals surface area contributed by atoms with E-state index in [0.717, 1.165) is 5.41 Å². The molecule has 3 atom stereocenters. The van der Waals surface area contributed by atoms with Crippen molar-refractivity contribution in [2.24, 2.45) is 23.2 Å². The van der Waals surface area contributed by atoms with Gasteiger partial charge < -0.3 is 0 Å². The highest BCUT2D eigenvalue weighted by Gasteiger charge is 2.68. The maximum absolute atomic E-state index is 2.40. The average Bonchev–Trinajstić information content (AvgIpc) is 2.78. The topological polar surface area (TPSA) is 0 Å². The Labute approximate surface area is 69.4 Å². The summed E-state index contributed by atoms with van der Waals surface area (Å²) in [4.78, 5) is 0. The predicted octanol–water partition coefficient (Wildman–Crippen LogP) is 3.22. The molecule has 3 aliphatic carbocycles. The first-order valence-corrected chi connectivity index (χ1v) is 5.37. The van der Waals surface area contributed by atoms with E-state index >= 15 is 0 Å². The summed E-state index contributed by atoms with van der Waals surface area (Å²) < 4.78 is 0. The maximum atomic E-state index is 2.40. The average molecular weight is 150 g/mol. The van der Waals surface area contributed by atoms with Crippen molar-refractivity contribution in [1.82, 2.24) is 0 Å². The lowest BCUT2D eigenvalue weighted by molar-refractivity contribution is 0.276. The van der Waals surface area contributed by atoms with Crippen LogP contribution in [0.25, 0.3) is 0 Å². The van der Waals surface area contributed by atoms with Gasteiger partial charge in [-0.2, -0.15) is 0 Å². The first kappa shape index (κ1) is 6.51. The lowest BCUT2D eigenvalue weighted by Crippen LogP contribution is -2.12. The van der Waals surface area contributed by atoms with Crippen molar-refractivity contribution >= 4 is 0 Å². The van der Waals surface area contributed by atoms with Crippen LogP contribution in [0.3, 0.4) is 0 Å². The van der Waals surface area contributed by atoms with Gasteiger partial charge in [0.25, 0.3) is 0 Å². The molecule has 0 nitrogen and oxygen atoms in total. The minimum Gasteiger partial charge on any atom is -0.0648 e. The van der Waals surface area contributed by atoms with Gasteiger partial charge in [-0.15, -0.1) is 0 Å². The standard InChI is InChI=1S/C11H18/c1-2-11-6-5-9(11)10(11)7-8-3-4-8/h8-10H,2-7H2,1H3. The zero-order chi connectivity index (χ0) is 7.47. The normalized spacial score (nSPS) is 53.2. The van der Waals surface area contributed by atoms with E-state index in [1.807, 2.05) is 0 Å². The summed E-state index contributed by atoms with van der Waals surface area (Å²) in [6.45, 7) is 2.40. The molecule has 0 aromatic carbocycles. The Morgan fingerprint density at radius 1 is 1.27 bits per heavy atom. The van der Waals surface area contributed by atoms with E-state index < -0.39 is 0 Å². The third-order valence-corrected chi connectivity index (χ3v) is 4.72. The molecule has 0 heterocycles. The molecule has 0 radical (unpaired) electrons. The molecule has 0 amide bonds. The van der Waals surface area contributed by atoms with E-state index in [0.29, 0.717) is 0 Å². The summed E-state index contributed by atoms with van der Waals surface area (Å²) in [5.41, 5.74) is 0.919. The first-order chi connectivity index (χ1) is 5.37. The number of hydrogen-bond donors (Lipinski definition) is 0. The van der Waals surface area contributed by atoms with Crippen molar-refractivity contribution < 1.29 is 0 Å². The summed E-state index contributed by atoms with van der Waals surface area (Å²) in [5.74, 6) is 3.57. The van der Waals surface area contributed by atoms with Crippen molar-refractivity contribution in [2.45, 2.75) is 45.4 Å². The van der Waals surface area contributed by atoms with E-state index in [1.54, 1.807) is 32.1 Å². The summed E-state index contributed by atoms with van der Waals surface area (Å²) >= 11 is 0. The molecule has 3 unspecified atom stereocenters. The molecule has 0 bridgehead atoms. The Morgan fingerprint density at radius 2 is 2.09 bits per heavy atom. The molecule has 0 aromatic heterocycles. The fraction of sp³-hybridized carbons (Fsp3) is 1.00. The second-order valence-electron chi connectivity index (χ2n) is 5.02. The lowest BCUT2D eigenvalue weighted by Gasteiger charge is -2.23. The summed E-state index contributed by atoms with van der Waals surface area (Å²) in [5, 5.41) is 0. The Morgan fingerprint density at radius 3 is 2.45 bits per heavy atom. The molecule has 0 saturated heterocycles. The first-order valence-electron chi connectivity index (χ1n) is 5.37. The highest BCUT2D eigenvalue weighted by molar-refractivity contribution is 5.17. The van der Waals surface area contributed by atoms with Gasteiger partial charge in [0.1, 0.15) is 0 Å². The van der Waals surface area contributed by atoms with Crippen LogP contribution in [0.5, 0.6) is 0 Å². The molecule has 3 aliphatic rings. The minimum absolute atomic E-state index is 0.919. The van der Waals surface area contributed by atoms with Crippen LogP contribution in [-0.4, -0.2) is 0 Å². The van der Waals surface area contributed by atoms with Crippen LogP contribution in [0.1, 0.15) is 45.4 Å². The van der Waals surface area contributed by atoms with Gasteiger partial charge in [-0.1, -0.05) is 19.8 Å². The monoisotopic (exact) mass is 150 g/mol. The predicted molar refractivity (Wildman–Crippen MR) is 46.3 cm³/mol. The fourth-order valence-corrected chi connectivity index (χ4v) is 3.55. The highest BCUT2D eigenvalue weighted by atomic mass is 14.7. The van der Waals surface area contributed by atoms with Gasteiger partial charge >= 0.3 is 0 Å². The molecular formula is C11H18. The molecular weight excluding hydrogens is 132 g/mol. The van der Waals surface area contributed by atoms with Gasteiger partial charge in [-0.05, 0) is 48.9 Å². The zero-order valence-corrected chi connectivity index (χ0v) is 7.47. The summed E-state index contributed by atoms with van der Waals surface area (Å²) in [6, 6.07) is 0. The second kappa shape index (κ2) is 1.84. The highest BCUT2D eigenvalue weighted by Crippen LogP contribution is 2.76. The van der Waals surface area contributed by atoms with Gasteiger partial charge in [0.15, 0.2) is 0 Å². The Hall–Kier alpha value is 0. The molecule has 62 valence electrons. The summed E-state index contributed by atoms with van der Waals surface area (Å²) in [7, 11) is 0. The molecule has 0 aliphatic heterocycles. The number of hydrogen-bond acceptors (Lipinski definition) is 0. The molecule has 0 heteroatoms. The van der Waals surface area contributed by atoms with Crippen LogP contribution in [0.2, 0.25) is 0 Å². The Kier molecular flexibility index (Phi) is 1.09. The van der Waals surface area contributed by atoms with Gasteiger partial charge in [0.2, 0.25) is 0 Å². The third-order valence-electron chi connectivity index (χ3n) is 4.72. The van der Waals surface area contributed by atoms with Crippen LogP contribution in [0.15, 0.2) is 0 Å². The van der Waals surface area contributed by atoms with Crippen molar-refractivity contribution in [3.63, 3.8) is 0 Å². The van der Waals surface area contributed by atoms with Crippen molar-refractivity contribution in [2.75, 3.05) is 0 Å². The van der Waals surface area contributed by atoms with Crippen molar-refractivity contribution in [1.29, 1.82) is 0 Å². The fourth-order valence-electron chi connectivity index (χ4n) is 3.55. The Bertz CT molecular complexity index is 176. The minimum atomic E-state index is 0.919.